The Labute approximate surface area is 92.8 Å². The van der Waals surface area contributed by atoms with Crippen molar-refractivity contribution in [3.8, 4) is 0 Å². The number of hydrogen-bond donors (Lipinski definition) is 2. The van der Waals surface area contributed by atoms with Crippen molar-refractivity contribution in [1.29, 1.82) is 0 Å². The molecule has 0 aliphatic rings. The lowest BCUT2D eigenvalue weighted by atomic mass is 9.76. The smallest absolute Gasteiger partial charge is 0.150 e. The number of aliphatic hydroxyl groups is 1. The minimum atomic E-state index is -2.97. The highest BCUT2D eigenvalue weighted by Gasteiger charge is 2.32. The van der Waals surface area contributed by atoms with Gasteiger partial charge in [-0.05, 0) is 12.3 Å². The summed E-state index contributed by atoms with van der Waals surface area (Å²) in [4.78, 5) is 0. The van der Waals surface area contributed by atoms with Crippen molar-refractivity contribution < 1.29 is 13.5 Å². The van der Waals surface area contributed by atoms with Gasteiger partial charge in [0.25, 0.3) is 0 Å². The molecule has 0 saturated heterocycles. The van der Waals surface area contributed by atoms with Crippen LogP contribution in [0.25, 0.3) is 0 Å². The van der Waals surface area contributed by atoms with Crippen LogP contribution in [-0.4, -0.2) is 38.2 Å². The fourth-order valence-electron chi connectivity index (χ4n) is 1.46. The monoisotopic (exact) mass is 237 g/mol. The van der Waals surface area contributed by atoms with E-state index in [-0.39, 0.29) is 24.0 Å². The molecule has 0 rings (SSSR count). The van der Waals surface area contributed by atoms with Crippen molar-refractivity contribution in [1.82, 2.24) is 0 Å². The second-order valence-corrected chi connectivity index (χ2v) is 6.84. The summed E-state index contributed by atoms with van der Waals surface area (Å²) >= 11 is 0. The van der Waals surface area contributed by atoms with E-state index in [0.717, 1.165) is 0 Å². The Morgan fingerprint density at radius 2 is 1.93 bits per heavy atom. The van der Waals surface area contributed by atoms with Gasteiger partial charge in [0.05, 0.1) is 12.4 Å². The van der Waals surface area contributed by atoms with Crippen LogP contribution in [0.15, 0.2) is 0 Å². The van der Waals surface area contributed by atoms with Gasteiger partial charge in [-0.2, -0.15) is 0 Å². The molecule has 0 aliphatic carbocycles. The third-order valence-electron chi connectivity index (χ3n) is 3.30. The fourth-order valence-corrected chi connectivity index (χ4v) is 2.46. The van der Waals surface area contributed by atoms with Gasteiger partial charge in [-0.1, -0.05) is 20.8 Å². The van der Waals surface area contributed by atoms with Crippen LogP contribution in [0.1, 0.15) is 27.2 Å². The predicted octanol–water partition coefficient (Wildman–Crippen LogP) is 0.405. The van der Waals surface area contributed by atoms with Crippen molar-refractivity contribution in [2.45, 2.75) is 27.2 Å². The van der Waals surface area contributed by atoms with E-state index in [9.17, 15) is 13.5 Å². The molecule has 4 nitrogen and oxygen atoms in total. The van der Waals surface area contributed by atoms with Crippen LogP contribution in [0, 0.1) is 11.3 Å². The highest BCUT2D eigenvalue weighted by Crippen LogP contribution is 2.30. The molecule has 0 aromatic carbocycles. The van der Waals surface area contributed by atoms with Gasteiger partial charge in [0.15, 0.2) is 0 Å². The molecular formula is C10H23NO3S. The van der Waals surface area contributed by atoms with Crippen LogP contribution < -0.4 is 5.73 Å². The van der Waals surface area contributed by atoms with E-state index in [4.69, 9.17) is 5.73 Å². The van der Waals surface area contributed by atoms with Crippen LogP contribution in [0.4, 0.5) is 0 Å². The predicted molar refractivity (Wildman–Crippen MR) is 62.4 cm³/mol. The van der Waals surface area contributed by atoms with Crippen LogP contribution in [0.5, 0.6) is 0 Å². The van der Waals surface area contributed by atoms with Crippen molar-refractivity contribution in [2.75, 3.05) is 24.7 Å². The van der Waals surface area contributed by atoms with E-state index in [2.05, 4.69) is 0 Å². The summed E-state index contributed by atoms with van der Waals surface area (Å²) in [6.45, 7) is 5.82. The summed E-state index contributed by atoms with van der Waals surface area (Å²) in [5.41, 5.74) is 5.18. The molecule has 0 amide bonds. The molecule has 0 heterocycles. The molecule has 0 spiro atoms. The number of sulfone groups is 1. The zero-order valence-electron chi connectivity index (χ0n) is 9.86. The molecule has 92 valence electrons. The first-order chi connectivity index (χ1) is 6.83. The lowest BCUT2D eigenvalue weighted by Gasteiger charge is -2.34. The SMILES string of the molecule is CCS(=O)(=O)CCC(CN)(CO)C(C)C. The summed E-state index contributed by atoms with van der Waals surface area (Å²) in [6.07, 6.45) is 0.438. The normalized spacial score (nSPS) is 16.7. The standard InChI is InChI=1S/C10H23NO3S/c1-4-15(13,14)6-5-10(7-11,8-12)9(2)3/h9,12H,4-8,11H2,1-3H3. The van der Waals surface area contributed by atoms with Gasteiger partial charge in [-0.3, -0.25) is 0 Å². The quantitative estimate of drug-likeness (QED) is 0.672. The lowest BCUT2D eigenvalue weighted by molar-refractivity contribution is 0.0809. The lowest BCUT2D eigenvalue weighted by Crippen LogP contribution is -2.40. The average molecular weight is 237 g/mol. The molecule has 0 radical (unpaired) electrons. The van der Waals surface area contributed by atoms with Gasteiger partial charge < -0.3 is 10.8 Å². The molecule has 0 aromatic heterocycles. The molecule has 15 heavy (non-hydrogen) atoms. The second kappa shape index (κ2) is 5.82. The molecule has 1 unspecified atom stereocenters. The van der Waals surface area contributed by atoms with Gasteiger partial charge in [0.2, 0.25) is 0 Å². The highest BCUT2D eigenvalue weighted by atomic mass is 32.2. The molecule has 0 bridgehead atoms. The molecule has 0 fully saturated rings. The topological polar surface area (TPSA) is 80.4 Å². The maximum atomic E-state index is 11.4. The van der Waals surface area contributed by atoms with Crippen LogP contribution in [0.2, 0.25) is 0 Å². The van der Waals surface area contributed by atoms with Gasteiger partial charge >= 0.3 is 0 Å². The zero-order valence-corrected chi connectivity index (χ0v) is 10.7. The van der Waals surface area contributed by atoms with Gasteiger partial charge in [-0.25, -0.2) is 8.42 Å². The van der Waals surface area contributed by atoms with Crippen molar-refractivity contribution >= 4 is 9.84 Å². The Morgan fingerprint density at radius 3 is 2.20 bits per heavy atom. The minimum Gasteiger partial charge on any atom is -0.396 e. The van der Waals surface area contributed by atoms with E-state index in [0.29, 0.717) is 13.0 Å². The van der Waals surface area contributed by atoms with Crippen molar-refractivity contribution in [3.05, 3.63) is 0 Å². The largest absolute Gasteiger partial charge is 0.396 e. The summed E-state index contributed by atoms with van der Waals surface area (Å²) in [5.74, 6) is 0.441. The van der Waals surface area contributed by atoms with Crippen LogP contribution in [0.3, 0.4) is 0 Å². The minimum absolute atomic E-state index is 0.0552. The van der Waals surface area contributed by atoms with E-state index in [1.54, 1.807) is 6.92 Å². The van der Waals surface area contributed by atoms with E-state index < -0.39 is 15.3 Å². The van der Waals surface area contributed by atoms with Crippen LogP contribution in [-0.2, 0) is 9.84 Å². The third kappa shape index (κ3) is 4.09. The summed E-state index contributed by atoms with van der Waals surface area (Å²) in [6, 6.07) is 0. The fraction of sp³-hybridized carbons (Fsp3) is 1.00. The first-order valence-electron chi connectivity index (χ1n) is 5.35. The molecular weight excluding hydrogens is 214 g/mol. The Morgan fingerprint density at radius 1 is 1.40 bits per heavy atom. The third-order valence-corrected chi connectivity index (χ3v) is 5.00. The average Bonchev–Trinajstić information content (AvgIpc) is 2.20. The molecule has 3 N–H and O–H groups in total. The Hall–Kier alpha value is -0.130. The molecule has 0 aliphatic heterocycles. The highest BCUT2D eigenvalue weighted by molar-refractivity contribution is 7.91. The summed E-state index contributed by atoms with van der Waals surface area (Å²) in [5, 5.41) is 9.34. The molecule has 0 saturated carbocycles. The van der Waals surface area contributed by atoms with Gasteiger partial charge in [0.1, 0.15) is 9.84 Å². The van der Waals surface area contributed by atoms with E-state index in [1.807, 2.05) is 13.8 Å². The number of hydrogen-bond acceptors (Lipinski definition) is 4. The number of nitrogens with two attached hydrogens (primary N) is 1. The molecule has 0 aromatic rings. The summed E-state index contributed by atoms with van der Waals surface area (Å²) in [7, 11) is -2.97. The Balaban J connectivity index is 4.57. The zero-order chi connectivity index (χ0) is 12.1. The number of rotatable bonds is 7. The van der Waals surface area contributed by atoms with E-state index >= 15 is 0 Å². The maximum Gasteiger partial charge on any atom is 0.150 e. The Kier molecular flexibility index (Phi) is 5.77. The van der Waals surface area contributed by atoms with E-state index in [1.165, 1.54) is 0 Å². The van der Waals surface area contributed by atoms with Gasteiger partial charge in [-0.15, -0.1) is 0 Å². The molecule has 5 heteroatoms. The number of aliphatic hydroxyl groups excluding tert-OH is 1. The maximum absolute atomic E-state index is 11.4. The molecule has 1 atom stereocenters. The van der Waals surface area contributed by atoms with Gasteiger partial charge in [0, 0.05) is 17.7 Å². The first-order valence-corrected chi connectivity index (χ1v) is 7.17. The van der Waals surface area contributed by atoms with Crippen molar-refractivity contribution in [3.63, 3.8) is 0 Å². The van der Waals surface area contributed by atoms with Crippen LogP contribution >= 0.6 is 0 Å². The second-order valence-electron chi connectivity index (χ2n) is 4.37. The van der Waals surface area contributed by atoms with Crippen molar-refractivity contribution in [2.24, 2.45) is 17.1 Å². The first kappa shape index (κ1) is 14.9. The Bertz CT molecular complexity index is 268. The summed E-state index contributed by atoms with van der Waals surface area (Å²) < 4.78 is 22.8.